The van der Waals surface area contributed by atoms with E-state index in [0.717, 1.165) is 0 Å². The monoisotopic (exact) mass is 270 g/mol. The van der Waals surface area contributed by atoms with Crippen molar-refractivity contribution in [3.8, 4) is 0 Å². The summed E-state index contributed by atoms with van der Waals surface area (Å²) in [4.78, 5) is 13.3. The molecule has 6 heteroatoms. The number of thiophene rings is 1. The molecule has 1 aliphatic rings. The molecule has 0 radical (unpaired) electrons. The molecule has 18 heavy (non-hydrogen) atoms. The zero-order chi connectivity index (χ0) is 13.4. The second-order valence-electron chi connectivity index (χ2n) is 4.96. The maximum absolute atomic E-state index is 11.1. The van der Waals surface area contributed by atoms with E-state index in [1.807, 2.05) is 11.9 Å². The van der Waals surface area contributed by atoms with Gasteiger partial charge in [0.2, 0.25) is 0 Å². The summed E-state index contributed by atoms with van der Waals surface area (Å²) in [5.41, 5.74) is 0.103. The van der Waals surface area contributed by atoms with E-state index in [-0.39, 0.29) is 10.6 Å². The predicted octanol–water partition coefficient (Wildman–Crippen LogP) is 2.94. The van der Waals surface area contributed by atoms with Gasteiger partial charge in [-0.2, -0.15) is 0 Å². The Morgan fingerprint density at radius 3 is 2.61 bits per heavy atom. The van der Waals surface area contributed by atoms with Gasteiger partial charge in [-0.05, 0) is 32.6 Å². The van der Waals surface area contributed by atoms with Crippen LogP contribution in [0.2, 0.25) is 0 Å². The number of aliphatic hydroxyl groups excluding tert-OH is 1. The summed E-state index contributed by atoms with van der Waals surface area (Å²) in [5.74, 6) is 0.645. The van der Waals surface area contributed by atoms with E-state index in [9.17, 15) is 15.2 Å². The molecule has 100 valence electrons. The third-order valence-corrected chi connectivity index (χ3v) is 4.94. The minimum absolute atomic E-state index is 0.103. The number of nitro groups is 1. The third-order valence-electron chi connectivity index (χ3n) is 3.56. The molecule has 0 aliphatic heterocycles. The molecule has 1 N–H and O–H groups in total. The summed E-state index contributed by atoms with van der Waals surface area (Å²) in [6, 6.07) is 1.80. The highest BCUT2D eigenvalue weighted by Crippen LogP contribution is 2.43. The van der Waals surface area contributed by atoms with Gasteiger partial charge in [0, 0.05) is 24.0 Å². The van der Waals surface area contributed by atoms with Crippen LogP contribution in [-0.4, -0.2) is 23.1 Å². The Kier molecular flexibility index (Phi) is 3.59. The van der Waals surface area contributed by atoms with E-state index < -0.39 is 6.10 Å². The van der Waals surface area contributed by atoms with Crippen LogP contribution in [0.1, 0.15) is 37.7 Å². The molecule has 0 saturated heterocycles. The maximum atomic E-state index is 11.1. The van der Waals surface area contributed by atoms with Gasteiger partial charge in [-0.3, -0.25) is 10.1 Å². The zero-order valence-electron chi connectivity index (χ0n) is 10.8. The average Bonchev–Trinajstić information content (AvgIpc) is 3.04. The van der Waals surface area contributed by atoms with Gasteiger partial charge in [0.25, 0.3) is 0 Å². The van der Waals surface area contributed by atoms with Crippen LogP contribution < -0.4 is 4.90 Å². The molecule has 1 fully saturated rings. The Morgan fingerprint density at radius 2 is 2.17 bits per heavy atom. The lowest BCUT2D eigenvalue weighted by Gasteiger charge is -2.24. The van der Waals surface area contributed by atoms with Crippen molar-refractivity contribution in [2.45, 2.75) is 38.8 Å². The van der Waals surface area contributed by atoms with Crippen LogP contribution in [0.25, 0.3) is 0 Å². The van der Waals surface area contributed by atoms with E-state index in [1.54, 1.807) is 6.92 Å². The Bertz CT molecular complexity index is 454. The molecule has 0 spiro atoms. The zero-order valence-corrected chi connectivity index (χ0v) is 11.6. The fraction of sp³-hybridized carbons (Fsp3) is 0.667. The molecule has 1 aliphatic carbocycles. The van der Waals surface area contributed by atoms with Crippen LogP contribution in [0.15, 0.2) is 6.07 Å². The normalized spacial score (nSPS) is 18.4. The lowest BCUT2D eigenvalue weighted by Crippen LogP contribution is -2.30. The molecular weight excluding hydrogens is 252 g/mol. The van der Waals surface area contributed by atoms with Crippen LogP contribution in [-0.2, 0) is 0 Å². The van der Waals surface area contributed by atoms with Gasteiger partial charge < -0.3 is 10.0 Å². The van der Waals surface area contributed by atoms with E-state index in [2.05, 4.69) is 6.92 Å². The smallest absolute Gasteiger partial charge is 0.304 e. The molecule has 2 atom stereocenters. The number of hydrogen-bond donors (Lipinski definition) is 1. The van der Waals surface area contributed by atoms with Gasteiger partial charge in [0.1, 0.15) is 0 Å². The largest absolute Gasteiger partial charge is 0.388 e. The number of anilines is 1. The topological polar surface area (TPSA) is 66.6 Å². The second-order valence-corrected chi connectivity index (χ2v) is 6.02. The summed E-state index contributed by atoms with van der Waals surface area (Å²) in [7, 11) is 1.90. The molecule has 2 rings (SSSR count). The Balaban J connectivity index is 2.31. The van der Waals surface area contributed by atoms with Gasteiger partial charge in [-0.15, -0.1) is 11.3 Å². The van der Waals surface area contributed by atoms with Crippen LogP contribution >= 0.6 is 11.3 Å². The van der Waals surface area contributed by atoms with Gasteiger partial charge in [-0.1, -0.05) is 0 Å². The van der Waals surface area contributed by atoms with Crippen molar-refractivity contribution in [3.63, 3.8) is 0 Å². The van der Waals surface area contributed by atoms with Crippen molar-refractivity contribution in [1.82, 2.24) is 0 Å². The predicted molar refractivity (Wildman–Crippen MR) is 72.2 cm³/mol. The number of aliphatic hydroxyl groups is 1. The highest BCUT2D eigenvalue weighted by molar-refractivity contribution is 7.16. The fourth-order valence-electron chi connectivity index (χ4n) is 2.06. The lowest BCUT2D eigenvalue weighted by molar-refractivity contribution is -0.383. The second kappa shape index (κ2) is 4.85. The van der Waals surface area contributed by atoms with Crippen LogP contribution in [0.4, 0.5) is 10.7 Å². The van der Waals surface area contributed by atoms with E-state index in [0.29, 0.717) is 21.8 Å². The molecule has 0 bridgehead atoms. The molecule has 0 aromatic carbocycles. The fourth-order valence-corrected chi connectivity index (χ4v) is 3.17. The highest BCUT2D eigenvalue weighted by Gasteiger charge is 2.34. The quantitative estimate of drug-likeness (QED) is 0.660. The highest BCUT2D eigenvalue weighted by atomic mass is 32.1. The minimum Gasteiger partial charge on any atom is -0.388 e. The van der Waals surface area contributed by atoms with Gasteiger partial charge in [0.15, 0.2) is 5.00 Å². The third kappa shape index (κ3) is 2.49. The van der Waals surface area contributed by atoms with E-state index in [4.69, 9.17) is 0 Å². The summed E-state index contributed by atoms with van der Waals surface area (Å²) >= 11 is 1.31. The molecule has 1 aromatic rings. The molecule has 0 amide bonds. The van der Waals surface area contributed by atoms with Crippen molar-refractivity contribution >= 4 is 22.0 Å². The standard InChI is InChI=1S/C12H18N2O3S/c1-7(9-4-5-9)13(3)12-10(14(16)17)6-11(18-12)8(2)15/h6-9,15H,4-5H2,1-3H3/t7?,8-/m1/s1. The van der Waals surface area contributed by atoms with Gasteiger partial charge in [-0.25, -0.2) is 0 Å². The Labute approximate surface area is 110 Å². The lowest BCUT2D eigenvalue weighted by atomic mass is 10.2. The van der Waals surface area contributed by atoms with Gasteiger partial charge >= 0.3 is 5.69 Å². The van der Waals surface area contributed by atoms with Gasteiger partial charge in [0.05, 0.1) is 11.0 Å². The number of nitrogens with zero attached hydrogens (tertiary/aromatic N) is 2. The molecule has 1 unspecified atom stereocenters. The van der Waals surface area contributed by atoms with Crippen LogP contribution in [0.3, 0.4) is 0 Å². The molecular formula is C12H18N2O3S. The van der Waals surface area contributed by atoms with E-state index >= 15 is 0 Å². The number of hydrogen-bond acceptors (Lipinski definition) is 5. The Hall–Kier alpha value is -1.14. The van der Waals surface area contributed by atoms with E-state index in [1.165, 1.54) is 30.2 Å². The first-order valence-electron chi connectivity index (χ1n) is 6.10. The summed E-state index contributed by atoms with van der Waals surface area (Å²) in [6.07, 6.45) is 1.74. The first kappa shape index (κ1) is 13.3. The number of rotatable bonds is 5. The van der Waals surface area contributed by atoms with Crippen molar-refractivity contribution in [2.75, 3.05) is 11.9 Å². The molecule has 1 aromatic heterocycles. The molecule has 1 saturated carbocycles. The van der Waals surface area contributed by atoms with Crippen molar-refractivity contribution in [1.29, 1.82) is 0 Å². The molecule has 1 heterocycles. The van der Waals surface area contributed by atoms with Crippen molar-refractivity contribution in [3.05, 3.63) is 21.1 Å². The average molecular weight is 270 g/mol. The molecule has 5 nitrogen and oxygen atoms in total. The van der Waals surface area contributed by atoms with Crippen LogP contribution in [0, 0.1) is 16.0 Å². The summed E-state index contributed by atoms with van der Waals surface area (Å²) in [5, 5.41) is 21.3. The first-order chi connectivity index (χ1) is 8.41. The van der Waals surface area contributed by atoms with Crippen molar-refractivity contribution < 1.29 is 10.0 Å². The summed E-state index contributed by atoms with van der Waals surface area (Å²) in [6.45, 7) is 3.73. The summed E-state index contributed by atoms with van der Waals surface area (Å²) < 4.78 is 0. The van der Waals surface area contributed by atoms with Crippen LogP contribution in [0.5, 0.6) is 0 Å². The SMILES string of the molecule is CC(C1CC1)N(C)c1sc([C@@H](C)O)cc1[N+](=O)[O-]. The minimum atomic E-state index is -0.660. The first-order valence-corrected chi connectivity index (χ1v) is 6.92. The maximum Gasteiger partial charge on any atom is 0.304 e. The Morgan fingerprint density at radius 1 is 1.56 bits per heavy atom. The van der Waals surface area contributed by atoms with Crippen molar-refractivity contribution in [2.24, 2.45) is 5.92 Å².